The highest BCUT2D eigenvalue weighted by atomic mass is 16.5. The number of rotatable bonds is 13. The maximum atomic E-state index is 11.3. The van der Waals surface area contributed by atoms with E-state index in [0.29, 0.717) is 6.42 Å². The molecule has 0 bridgehead atoms. The number of esters is 1. The summed E-state index contributed by atoms with van der Waals surface area (Å²) in [5.41, 5.74) is 0. The van der Waals surface area contributed by atoms with Gasteiger partial charge in [0.1, 0.15) is 12.7 Å². The predicted molar refractivity (Wildman–Crippen MR) is 75.9 cm³/mol. The maximum Gasteiger partial charge on any atom is 0.305 e. The fourth-order valence-corrected chi connectivity index (χ4v) is 1.89. The van der Waals surface area contributed by atoms with Gasteiger partial charge in [-0.1, -0.05) is 58.3 Å². The Labute approximate surface area is 117 Å². The van der Waals surface area contributed by atoms with E-state index < -0.39 is 6.10 Å². The highest BCUT2D eigenvalue weighted by molar-refractivity contribution is 5.69. The van der Waals surface area contributed by atoms with Crippen molar-refractivity contribution in [3.8, 4) is 0 Å². The predicted octanol–water partition coefficient (Wildman–Crippen LogP) is 2.80. The van der Waals surface area contributed by atoms with Crippen molar-refractivity contribution in [2.45, 2.75) is 77.2 Å². The molecule has 19 heavy (non-hydrogen) atoms. The third-order valence-electron chi connectivity index (χ3n) is 3.13. The summed E-state index contributed by atoms with van der Waals surface area (Å²) in [6.07, 6.45) is 10.4. The second-order valence-corrected chi connectivity index (χ2v) is 5.10. The van der Waals surface area contributed by atoms with Gasteiger partial charge in [0.15, 0.2) is 0 Å². The summed E-state index contributed by atoms with van der Waals surface area (Å²) in [6.45, 7) is 1.75. The molecule has 2 N–H and O–H groups in total. The van der Waals surface area contributed by atoms with Crippen LogP contribution in [0.1, 0.15) is 71.1 Å². The van der Waals surface area contributed by atoms with Gasteiger partial charge in [-0.3, -0.25) is 4.79 Å². The Hall–Kier alpha value is -0.610. The van der Waals surface area contributed by atoms with Gasteiger partial charge >= 0.3 is 5.97 Å². The summed E-state index contributed by atoms with van der Waals surface area (Å²) in [7, 11) is 0. The van der Waals surface area contributed by atoms with Crippen LogP contribution in [0.4, 0.5) is 0 Å². The fraction of sp³-hybridized carbons (Fsp3) is 0.933. The Bertz CT molecular complexity index is 206. The standard InChI is InChI=1S/C15H30O4/c1-2-3-4-5-6-7-8-9-10-11-15(18)19-13-14(17)12-16/h14,16-17H,2-13H2,1H3/t14-/m1/s1. The third kappa shape index (κ3) is 13.6. The molecule has 0 aliphatic heterocycles. The molecule has 0 spiro atoms. The first-order valence-corrected chi connectivity index (χ1v) is 7.65. The van der Waals surface area contributed by atoms with Crippen molar-refractivity contribution in [1.82, 2.24) is 0 Å². The lowest BCUT2D eigenvalue weighted by molar-refractivity contribution is -0.147. The van der Waals surface area contributed by atoms with Crippen LogP contribution in [0.2, 0.25) is 0 Å². The van der Waals surface area contributed by atoms with Crippen LogP contribution in [0, 0.1) is 0 Å². The molecule has 0 aromatic heterocycles. The molecule has 0 heterocycles. The van der Waals surface area contributed by atoms with E-state index in [4.69, 9.17) is 14.9 Å². The number of aliphatic hydroxyl groups is 2. The fourth-order valence-electron chi connectivity index (χ4n) is 1.89. The smallest absolute Gasteiger partial charge is 0.305 e. The van der Waals surface area contributed by atoms with E-state index >= 15 is 0 Å². The summed E-state index contributed by atoms with van der Waals surface area (Å²) in [5, 5.41) is 17.6. The Balaban J connectivity index is 3.18. The molecule has 1 atom stereocenters. The average molecular weight is 274 g/mol. The van der Waals surface area contributed by atoms with E-state index in [1.807, 2.05) is 0 Å². The molecule has 0 aliphatic carbocycles. The summed E-state index contributed by atoms with van der Waals surface area (Å²) in [4.78, 5) is 11.3. The zero-order valence-corrected chi connectivity index (χ0v) is 12.3. The molecule has 0 aromatic rings. The van der Waals surface area contributed by atoms with Crippen LogP contribution < -0.4 is 0 Å². The second-order valence-electron chi connectivity index (χ2n) is 5.10. The van der Waals surface area contributed by atoms with E-state index in [1.54, 1.807) is 0 Å². The number of ether oxygens (including phenoxy) is 1. The Morgan fingerprint density at radius 2 is 1.53 bits per heavy atom. The molecule has 0 radical (unpaired) electrons. The first kappa shape index (κ1) is 18.4. The van der Waals surface area contributed by atoms with Gasteiger partial charge in [0.2, 0.25) is 0 Å². The molecule has 0 rings (SSSR count). The lowest BCUT2D eigenvalue weighted by Gasteiger charge is -2.08. The van der Waals surface area contributed by atoms with Crippen LogP contribution in [-0.4, -0.2) is 35.5 Å². The molecule has 0 saturated carbocycles. The first-order valence-electron chi connectivity index (χ1n) is 7.65. The van der Waals surface area contributed by atoms with E-state index in [1.165, 1.54) is 44.9 Å². The van der Waals surface area contributed by atoms with Crippen LogP contribution in [-0.2, 0) is 9.53 Å². The molecular weight excluding hydrogens is 244 g/mol. The van der Waals surface area contributed by atoms with Gasteiger partial charge in [-0.15, -0.1) is 0 Å². The van der Waals surface area contributed by atoms with Crippen LogP contribution in [0.15, 0.2) is 0 Å². The Morgan fingerprint density at radius 3 is 2.05 bits per heavy atom. The highest BCUT2D eigenvalue weighted by Gasteiger charge is 2.07. The van der Waals surface area contributed by atoms with Crippen molar-refractivity contribution >= 4 is 5.97 Å². The molecule has 0 aromatic carbocycles. The maximum absolute atomic E-state index is 11.3. The normalized spacial score (nSPS) is 12.4. The number of hydrogen-bond donors (Lipinski definition) is 2. The quantitative estimate of drug-likeness (QED) is 0.400. The first-order chi connectivity index (χ1) is 9.20. The molecule has 114 valence electrons. The van der Waals surface area contributed by atoms with Gasteiger partial charge in [0.05, 0.1) is 6.61 Å². The minimum absolute atomic E-state index is 0.104. The molecule has 0 amide bonds. The van der Waals surface area contributed by atoms with Crippen LogP contribution in [0.25, 0.3) is 0 Å². The monoisotopic (exact) mass is 274 g/mol. The van der Waals surface area contributed by atoms with Crippen molar-refractivity contribution in [2.75, 3.05) is 13.2 Å². The van der Waals surface area contributed by atoms with Gasteiger partial charge < -0.3 is 14.9 Å². The zero-order valence-electron chi connectivity index (χ0n) is 12.3. The van der Waals surface area contributed by atoms with Crippen molar-refractivity contribution in [3.63, 3.8) is 0 Å². The topological polar surface area (TPSA) is 66.8 Å². The summed E-state index contributed by atoms with van der Waals surface area (Å²) in [5.74, 6) is -0.282. The number of aliphatic hydroxyl groups excluding tert-OH is 2. The zero-order chi connectivity index (χ0) is 14.3. The Morgan fingerprint density at radius 1 is 1.00 bits per heavy atom. The van der Waals surface area contributed by atoms with Crippen molar-refractivity contribution < 1.29 is 19.7 Å². The third-order valence-corrected chi connectivity index (χ3v) is 3.13. The summed E-state index contributed by atoms with van der Waals surface area (Å²) >= 11 is 0. The lowest BCUT2D eigenvalue weighted by Crippen LogP contribution is -2.21. The summed E-state index contributed by atoms with van der Waals surface area (Å²) in [6, 6.07) is 0. The average Bonchev–Trinajstić information content (AvgIpc) is 2.42. The summed E-state index contributed by atoms with van der Waals surface area (Å²) < 4.78 is 4.82. The van der Waals surface area contributed by atoms with Gasteiger partial charge in [0.25, 0.3) is 0 Å². The second kappa shape index (κ2) is 13.8. The van der Waals surface area contributed by atoms with Crippen molar-refractivity contribution in [2.24, 2.45) is 0 Å². The van der Waals surface area contributed by atoms with Crippen molar-refractivity contribution in [1.29, 1.82) is 0 Å². The van der Waals surface area contributed by atoms with Crippen molar-refractivity contribution in [3.05, 3.63) is 0 Å². The molecule has 0 unspecified atom stereocenters. The number of hydrogen-bond acceptors (Lipinski definition) is 4. The van der Waals surface area contributed by atoms with E-state index in [0.717, 1.165) is 12.8 Å². The minimum atomic E-state index is -0.952. The van der Waals surface area contributed by atoms with Gasteiger partial charge in [-0.05, 0) is 6.42 Å². The number of carbonyl (C=O) groups excluding carboxylic acids is 1. The number of carbonyl (C=O) groups is 1. The Kier molecular flexibility index (Phi) is 13.4. The van der Waals surface area contributed by atoms with E-state index in [9.17, 15) is 4.79 Å². The molecule has 0 aliphatic rings. The molecule has 0 saturated heterocycles. The molecule has 4 heteroatoms. The largest absolute Gasteiger partial charge is 0.463 e. The van der Waals surface area contributed by atoms with E-state index in [-0.39, 0.29) is 19.2 Å². The molecular formula is C15H30O4. The lowest BCUT2D eigenvalue weighted by atomic mass is 10.1. The molecule has 0 fully saturated rings. The van der Waals surface area contributed by atoms with Gasteiger partial charge in [0, 0.05) is 6.42 Å². The van der Waals surface area contributed by atoms with E-state index in [2.05, 4.69) is 6.92 Å². The minimum Gasteiger partial charge on any atom is -0.463 e. The molecule has 4 nitrogen and oxygen atoms in total. The van der Waals surface area contributed by atoms with Gasteiger partial charge in [-0.2, -0.15) is 0 Å². The van der Waals surface area contributed by atoms with Crippen LogP contribution in [0.3, 0.4) is 0 Å². The number of unbranched alkanes of at least 4 members (excludes halogenated alkanes) is 8. The SMILES string of the molecule is CCCCCCCCCCCC(=O)OC[C@H](O)CO. The van der Waals surface area contributed by atoms with Gasteiger partial charge in [-0.25, -0.2) is 0 Å². The van der Waals surface area contributed by atoms with Crippen LogP contribution in [0.5, 0.6) is 0 Å². The van der Waals surface area contributed by atoms with Crippen LogP contribution >= 0.6 is 0 Å². The highest BCUT2D eigenvalue weighted by Crippen LogP contribution is 2.10.